The molecule has 4 heteroatoms. The zero-order chi connectivity index (χ0) is 12.3. The largest absolute Gasteiger partial charge is 0.356 e. The maximum Gasteiger partial charge on any atom is 0.0842 e. The zero-order valence-electron chi connectivity index (χ0n) is 10.3. The van der Waals surface area contributed by atoms with E-state index in [2.05, 4.69) is 34.0 Å². The third-order valence-electron chi connectivity index (χ3n) is 3.19. The minimum absolute atomic E-state index is 0.545. The molecule has 2 rings (SSSR count). The van der Waals surface area contributed by atoms with Crippen molar-refractivity contribution in [1.29, 1.82) is 0 Å². The van der Waals surface area contributed by atoms with Gasteiger partial charge >= 0.3 is 0 Å². The van der Waals surface area contributed by atoms with Gasteiger partial charge in [-0.3, -0.25) is 5.10 Å². The molecule has 0 atom stereocenters. The number of hydrogen-bond donors (Lipinski definition) is 3. The van der Waals surface area contributed by atoms with Gasteiger partial charge in [0.2, 0.25) is 0 Å². The Morgan fingerprint density at radius 2 is 2.12 bits per heavy atom. The van der Waals surface area contributed by atoms with Crippen LogP contribution in [0.15, 0.2) is 25.1 Å². The molecule has 1 aliphatic heterocycles. The van der Waals surface area contributed by atoms with E-state index in [0.29, 0.717) is 5.92 Å². The summed E-state index contributed by atoms with van der Waals surface area (Å²) in [6.45, 7) is 12.2. The number of piperidine rings is 1. The number of nitrogens with one attached hydrogen (secondary N) is 3. The van der Waals surface area contributed by atoms with Gasteiger partial charge in [0, 0.05) is 11.6 Å². The van der Waals surface area contributed by atoms with E-state index in [1.807, 2.05) is 6.92 Å². The lowest BCUT2D eigenvalue weighted by atomic mass is 9.95. The van der Waals surface area contributed by atoms with Crippen molar-refractivity contribution in [2.75, 3.05) is 18.4 Å². The van der Waals surface area contributed by atoms with Crippen LogP contribution in [-0.4, -0.2) is 23.3 Å². The van der Waals surface area contributed by atoms with E-state index in [4.69, 9.17) is 0 Å². The van der Waals surface area contributed by atoms with Gasteiger partial charge in [0.25, 0.3) is 0 Å². The Labute approximate surface area is 102 Å². The average Bonchev–Trinajstić information content (AvgIpc) is 2.78. The highest BCUT2D eigenvalue weighted by molar-refractivity contribution is 5.71. The number of anilines is 1. The van der Waals surface area contributed by atoms with Crippen LogP contribution in [0.2, 0.25) is 0 Å². The molecule has 92 valence electrons. The topological polar surface area (TPSA) is 52.7 Å². The second kappa shape index (κ2) is 5.19. The maximum atomic E-state index is 4.14. The molecule has 1 aliphatic rings. The lowest BCUT2D eigenvalue weighted by molar-refractivity contribution is 0.422. The number of nitrogens with zero attached hydrogens (tertiary/aromatic N) is 1. The number of H-pyrrole nitrogens is 1. The molecule has 1 saturated heterocycles. The Bertz CT molecular complexity index is 413. The van der Waals surface area contributed by atoms with Crippen molar-refractivity contribution in [2.45, 2.75) is 19.8 Å². The molecular weight excluding hydrogens is 212 g/mol. The van der Waals surface area contributed by atoms with Crippen molar-refractivity contribution in [3.63, 3.8) is 0 Å². The normalized spacial score (nSPS) is 16.8. The Hall–Kier alpha value is -1.55. The quantitative estimate of drug-likeness (QED) is 0.747. The van der Waals surface area contributed by atoms with E-state index < -0.39 is 0 Å². The van der Waals surface area contributed by atoms with Crippen molar-refractivity contribution in [1.82, 2.24) is 15.5 Å². The summed E-state index contributed by atoms with van der Waals surface area (Å²) in [5.41, 5.74) is 3.99. The van der Waals surface area contributed by atoms with Gasteiger partial charge in [0.05, 0.1) is 17.6 Å². The van der Waals surface area contributed by atoms with E-state index in [1.165, 1.54) is 0 Å². The third kappa shape index (κ3) is 2.77. The highest BCUT2D eigenvalue weighted by Crippen LogP contribution is 2.25. The molecule has 0 spiro atoms. The molecule has 17 heavy (non-hydrogen) atoms. The van der Waals surface area contributed by atoms with Crippen LogP contribution in [0.1, 0.15) is 25.5 Å². The summed E-state index contributed by atoms with van der Waals surface area (Å²) in [5.74, 6) is 0.545. The molecule has 0 aliphatic carbocycles. The van der Waals surface area contributed by atoms with Crippen molar-refractivity contribution in [3.05, 3.63) is 30.7 Å². The van der Waals surface area contributed by atoms with Crippen LogP contribution in [0.25, 0.3) is 5.57 Å². The number of allylic oxidation sites excluding steroid dienone is 2. The molecule has 3 N–H and O–H groups in total. The molecule has 1 fully saturated rings. The van der Waals surface area contributed by atoms with E-state index in [0.717, 1.165) is 48.6 Å². The number of hydrogen-bond acceptors (Lipinski definition) is 3. The maximum absolute atomic E-state index is 4.14. The van der Waals surface area contributed by atoms with Gasteiger partial charge in [-0.15, -0.1) is 0 Å². The van der Waals surface area contributed by atoms with Crippen LogP contribution >= 0.6 is 0 Å². The summed E-state index contributed by atoms with van der Waals surface area (Å²) in [7, 11) is 0. The second-order valence-corrected chi connectivity index (χ2v) is 4.61. The van der Waals surface area contributed by atoms with Crippen molar-refractivity contribution < 1.29 is 0 Å². The van der Waals surface area contributed by atoms with Gasteiger partial charge in [-0.05, 0) is 38.4 Å². The first-order valence-corrected chi connectivity index (χ1v) is 6.04. The number of aromatic amines is 1. The van der Waals surface area contributed by atoms with Crippen LogP contribution in [0.4, 0.5) is 5.69 Å². The smallest absolute Gasteiger partial charge is 0.0842 e. The average molecular weight is 232 g/mol. The number of aromatic nitrogens is 2. The van der Waals surface area contributed by atoms with Crippen molar-refractivity contribution >= 4 is 11.3 Å². The lowest BCUT2D eigenvalue weighted by Crippen LogP contribution is -2.29. The molecule has 0 radical (unpaired) electrons. The van der Waals surface area contributed by atoms with E-state index in [-0.39, 0.29) is 0 Å². The fourth-order valence-electron chi connectivity index (χ4n) is 2.15. The Kier molecular flexibility index (Phi) is 3.64. The fraction of sp³-hybridized carbons (Fsp3) is 0.462. The highest BCUT2D eigenvalue weighted by atomic mass is 15.1. The standard InChI is InChI=1S/C13H20N4/c1-9(2)13-12(8-15-17-13)16-10(3)11-4-6-14-7-5-11/h8,11,14,16H,1,3-7H2,2H3,(H,15,17). The first kappa shape index (κ1) is 11.9. The fourth-order valence-corrected chi connectivity index (χ4v) is 2.15. The van der Waals surface area contributed by atoms with E-state index in [1.54, 1.807) is 6.20 Å². The van der Waals surface area contributed by atoms with Crippen molar-refractivity contribution in [2.24, 2.45) is 5.92 Å². The molecule has 2 heterocycles. The van der Waals surface area contributed by atoms with Crippen LogP contribution in [0.3, 0.4) is 0 Å². The summed E-state index contributed by atoms with van der Waals surface area (Å²) < 4.78 is 0. The Morgan fingerprint density at radius 1 is 1.41 bits per heavy atom. The van der Waals surface area contributed by atoms with E-state index in [9.17, 15) is 0 Å². The second-order valence-electron chi connectivity index (χ2n) is 4.61. The van der Waals surface area contributed by atoms with Crippen molar-refractivity contribution in [3.8, 4) is 0 Å². The zero-order valence-corrected chi connectivity index (χ0v) is 10.3. The summed E-state index contributed by atoms with van der Waals surface area (Å²) in [6.07, 6.45) is 4.08. The molecule has 1 aromatic heterocycles. The predicted molar refractivity (Wildman–Crippen MR) is 71.7 cm³/mol. The Balaban J connectivity index is 2.02. The van der Waals surface area contributed by atoms with Gasteiger partial charge in [-0.25, -0.2) is 0 Å². The minimum atomic E-state index is 0.545. The summed E-state index contributed by atoms with van der Waals surface area (Å²) in [6, 6.07) is 0. The molecule has 4 nitrogen and oxygen atoms in total. The molecule has 0 saturated carbocycles. The van der Waals surface area contributed by atoms with Gasteiger partial charge in [-0.1, -0.05) is 13.2 Å². The van der Waals surface area contributed by atoms with Gasteiger partial charge in [0.1, 0.15) is 0 Å². The first-order valence-electron chi connectivity index (χ1n) is 6.04. The molecule has 0 unspecified atom stereocenters. The summed E-state index contributed by atoms with van der Waals surface area (Å²) >= 11 is 0. The van der Waals surface area contributed by atoms with Crippen LogP contribution in [0.5, 0.6) is 0 Å². The van der Waals surface area contributed by atoms with Crippen LogP contribution in [0, 0.1) is 5.92 Å². The lowest BCUT2D eigenvalue weighted by Gasteiger charge is -2.25. The molecule has 0 bridgehead atoms. The molecule has 0 aromatic carbocycles. The molecule has 1 aromatic rings. The van der Waals surface area contributed by atoms with Gasteiger partial charge < -0.3 is 10.6 Å². The minimum Gasteiger partial charge on any atom is -0.356 e. The SMILES string of the molecule is C=C(C)c1[nH]ncc1NC(=C)C1CCNCC1. The van der Waals surface area contributed by atoms with Gasteiger partial charge in [-0.2, -0.15) is 5.10 Å². The first-order chi connectivity index (χ1) is 8.18. The van der Waals surface area contributed by atoms with Crippen LogP contribution in [-0.2, 0) is 0 Å². The molecule has 0 amide bonds. The third-order valence-corrected chi connectivity index (χ3v) is 3.19. The van der Waals surface area contributed by atoms with E-state index >= 15 is 0 Å². The van der Waals surface area contributed by atoms with Gasteiger partial charge in [0.15, 0.2) is 0 Å². The van der Waals surface area contributed by atoms with Crippen LogP contribution < -0.4 is 10.6 Å². The summed E-state index contributed by atoms with van der Waals surface area (Å²) in [4.78, 5) is 0. The summed E-state index contributed by atoms with van der Waals surface area (Å²) in [5, 5.41) is 13.7. The number of rotatable bonds is 4. The highest BCUT2D eigenvalue weighted by Gasteiger charge is 2.17. The Morgan fingerprint density at radius 3 is 2.76 bits per heavy atom. The predicted octanol–water partition coefficient (Wildman–Crippen LogP) is 2.37. The molecular formula is C13H20N4. The monoisotopic (exact) mass is 232 g/mol.